The van der Waals surface area contributed by atoms with Crippen LogP contribution in [0.3, 0.4) is 0 Å². The van der Waals surface area contributed by atoms with E-state index in [1.165, 1.54) is 6.92 Å². The Hall–Kier alpha value is -3.44. The molecule has 0 bridgehead atoms. The molecule has 0 fully saturated rings. The number of aryl methyl sites for hydroxylation is 2. The number of carbonyl (C=O) groups is 1. The summed E-state index contributed by atoms with van der Waals surface area (Å²) in [4.78, 5) is 11.9. The van der Waals surface area contributed by atoms with Gasteiger partial charge in [0, 0.05) is 11.0 Å². The first-order valence-electron chi connectivity index (χ1n) is 12.3. The molecule has 188 valence electrons. The first kappa shape index (κ1) is 25.6. The summed E-state index contributed by atoms with van der Waals surface area (Å²) in [6.45, 7) is 8.00. The number of hydrogen-bond acceptors (Lipinski definition) is 4. The normalized spacial score (nSPS) is 14.6. The smallest absolute Gasteiger partial charge is 0.197 e. The third-order valence-electron chi connectivity index (χ3n) is 7.26. The number of aliphatic hydroxyl groups excluding tert-OH is 1. The van der Waals surface area contributed by atoms with Crippen molar-refractivity contribution in [2.75, 3.05) is 19.8 Å². The number of halogens is 1. The number of aliphatic hydroxyl groups is 1. The van der Waals surface area contributed by atoms with Crippen molar-refractivity contribution in [3.8, 4) is 22.6 Å². The molecule has 1 N–H and O–H groups in total. The molecule has 1 heterocycles. The fraction of sp³-hybridized carbons (Fsp3) is 0.323. The summed E-state index contributed by atoms with van der Waals surface area (Å²) in [5.74, 6) is 0.213. The standard InChI is InChI=1S/C31H33FO4/c1-20-8-9-23(14-15-31(4,19-33)22(3)34)18-25(20)11-10-24-6-5-7-26(21(24)2)27-12-13-28-30(29(27)32)36-17-16-35-28/h5-13,18,33H,14-17,19H2,1-4H3/b11-10+/t31-/m0/s1. The number of carbonyl (C=O) groups excluding carboxylic acids is 1. The highest BCUT2D eigenvalue weighted by Crippen LogP contribution is 2.40. The molecule has 3 aromatic rings. The summed E-state index contributed by atoms with van der Waals surface area (Å²) in [7, 11) is 0. The monoisotopic (exact) mass is 488 g/mol. The van der Waals surface area contributed by atoms with E-state index in [4.69, 9.17) is 9.47 Å². The first-order chi connectivity index (χ1) is 17.2. The molecule has 4 nitrogen and oxygen atoms in total. The van der Waals surface area contributed by atoms with E-state index in [2.05, 4.69) is 31.2 Å². The van der Waals surface area contributed by atoms with Crippen molar-refractivity contribution in [2.24, 2.45) is 5.41 Å². The highest BCUT2D eigenvalue weighted by Gasteiger charge is 2.28. The lowest BCUT2D eigenvalue weighted by atomic mass is 9.81. The lowest BCUT2D eigenvalue weighted by molar-refractivity contribution is -0.128. The predicted octanol–water partition coefficient (Wildman–Crippen LogP) is 6.57. The largest absolute Gasteiger partial charge is 0.486 e. The summed E-state index contributed by atoms with van der Waals surface area (Å²) >= 11 is 0. The van der Waals surface area contributed by atoms with E-state index in [1.807, 2.05) is 38.1 Å². The van der Waals surface area contributed by atoms with E-state index in [9.17, 15) is 9.90 Å². The van der Waals surface area contributed by atoms with Crippen molar-refractivity contribution in [1.82, 2.24) is 0 Å². The average molecular weight is 489 g/mol. The van der Waals surface area contributed by atoms with Crippen LogP contribution in [0.15, 0.2) is 48.5 Å². The zero-order chi connectivity index (χ0) is 25.9. The molecule has 4 rings (SSSR count). The molecule has 0 amide bonds. The number of benzene rings is 3. The Kier molecular flexibility index (Phi) is 7.60. The van der Waals surface area contributed by atoms with Gasteiger partial charge >= 0.3 is 0 Å². The van der Waals surface area contributed by atoms with Gasteiger partial charge in [-0.25, -0.2) is 4.39 Å². The number of ketones is 1. The van der Waals surface area contributed by atoms with E-state index in [-0.39, 0.29) is 18.1 Å². The molecule has 1 aliphatic heterocycles. The Labute approximate surface area is 212 Å². The third-order valence-corrected chi connectivity index (χ3v) is 7.26. The van der Waals surface area contributed by atoms with Crippen LogP contribution in [0.25, 0.3) is 23.3 Å². The van der Waals surface area contributed by atoms with Crippen LogP contribution in [0.2, 0.25) is 0 Å². The molecular formula is C31H33FO4. The number of ether oxygens (including phenoxy) is 2. The zero-order valence-electron chi connectivity index (χ0n) is 21.4. The SMILES string of the molecule is CC(=O)[C@](C)(CO)CCc1ccc(C)c(/C=C/c2cccc(-c3ccc4c(c3F)OCCO4)c2C)c1. The molecule has 0 aromatic heterocycles. The van der Waals surface area contributed by atoms with Crippen LogP contribution in [0.1, 0.15) is 48.1 Å². The Morgan fingerprint density at radius 1 is 1.03 bits per heavy atom. The van der Waals surface area contributed by atoms with Gasteiger partial charge in [0.2, 0.25) is 0 Å². The van der Waals surface area contributed by atoms with Crippen molar-refractivity contribution < 1.29 is 23.8 Å². The molecule has 0 unspecified atom stereocenters. The Morgan fingerprint density at radius 2 is 1.78 bits per heavy atom. The summed E-state index contributed by atoms with van der Waals surface area (Å²) in [6, 6.07) is 15.6. The van der Waals surface area contributed by atoms with Crippen LogP contribution >= 0.6 is 0 Å². The maximum Gasteiger partial charge on any atom is 0.197 e. The fourth-order valence-electron chi connectivity index (χ4n) is 4.41. The van der Waals surface area contributed by atoms with Gasteiger partial charge in [-0.2, -0.15) is 0 Å². The van der Waals surface area contributed by atoms with Crippen molar-refractivity contribution in [1.29, 1.82) is 0 Å². The molecule has 1 aliphatic rings. The predicted molar refractivity (Wildman–Crippen MR) is 142 cm³/mol. The molecule has 0 saturated carbocycles. The molecular weight excluding hydrogens is 455 g/mol. The Bertz CT molecular complexity index is 1310. The topological polar surface area (TPSA) is 55.8 Å². The van der Waals surface area contributed by atoms with Gasteiger partial charge in [0.1, 0.15) is 19.0 Å². The van der Waals surface area contributed by atoms with Gasteiger partial charge in [0.25, 0.3) is 0 Å². The van der Waals surface area contributed by atoms with Crippen LogP contribution in [0.5, 0.6) is 11.5 Å². The molecule has 1 atom stereocenters. The van der Waals surface area contributed by atoms with Gasteiger partial charge in [-0.05, 0) is 79.1 Å². The van der Waals surface area contributed by atoms with Gasteiger partial charge in [-0.15, -0.1) is 0 Å². The minimum Gasteiger partial charge on any atom is -0.486 e. The highest BCUT2D eigenvalue weighted by atomic mass is 19.1. The zero-order valence-corrected chi connectivity index (χ0v) is 21.4. The molecule has 5 heteroatoms. The molecule has 0 aliphatic carbocycles. The number of rotatable bonds is 8. The molecule has 0 spiro atoms. The Balaban J connectivity index is 1.60. The maximum atomic E-state index is 15.3. The van der Waals surface area contributed by atoms with Crippen LogP contribution in [-0.2, 0) is 11.2 Å². The quantitative estimate of drug-likeness (QED) is 0.364. The van der Waals surface area contributed by atoms with Gasteiger partial charge in [-0.1, -0.05) is 55.5 Å². The average Bonchev–Trinajstić information content (AvgIpc) is 2.88. The van der Waals surface area contributed by atoms with Crippen molar-refractivity contribution in [3.05, 3.63) is 82.2 Å². The van der Waals surface area contributed by atoms with E-state index in [0.29, 0.717) is 37.4 Å². The molecule has 0 radical (unpaired) electrons. The number of fused-ring (bicyclic) bond motifs is 1. The van der Waals surface area contributed by atoms with Crippen LogP contribution in [0, 0.1) is 25.1 Å². The molecule has 36 heavy (non-hydrogen) atoms. The van der Waals surface area contributed by atoms with Crippen molar-refractivity contribution >= 4 is 17.9 Å². The minimum absolute atomic E-state index is 0.00189. The molecule has 3 aromatic carbocycles. The number of hydrogen-bond donors (Lipinski definition) is 1. The second kappa shape index (κ2) is 10.7. The van der Waals surface area contributed by atoms with Crippen molar-refractivity contribution in [3.63, 3.8) is 0 Å². The van der Waals surface area contributed by atoms with Gasteiger partial charge < -0.3 is 14.6 Å². The van der Waals surface area contributed by atoms with Gasteiger partial charge in [0.05, 0.1) is 6.61 Å². The Morgan fingerprint density at radius 3 is 2.53 bits per heavy atom. The second-order valence-corrected chi connectivity index (χ2v) is 9.77. The van der Waals surface area contributed by atoms with E-state index in [1.54, 1.807) is 12.1 Å². The summed E-state index contributed by atoms with van der Waals surface area (Å²) in [5, 5.41) is 9.68. The lowest BCUT2D eigenvalue weighted by Crippen LogP contribution is -2.30. The maximum absolute atomic E-state index is 15.3. The van der Waals surface area contributed by atoms with E-state index >= 15 is 4.39 Å². The third kappa shape index (κ3) is 5.21. The second-order valence-electron chi connectivity index (χ2n) is 9.77. The molecule has 0 saturated heterocycles. The highest BCUT2D eigenvalue weighted by molar-refractivity contribution is 5.82. The van der Waals surface area contributed by atoms with Gasteiger partial charge in [-0.3, -0.25) is 4.79 Å². The number of Topliss-reactive ketones (excluding diaryl/α,β-unsaturated/α-hetero) is 1. The summed E-state index contributed by atoms with van der Waals surface area (Å²) < 4.78 is 26.3. The van der Waals surface area contributed by atoms with Gasteiger partial charge in [0.15, 0.2) is 17.3 Å². The lowest BCUT2D eigenvalue weighted by Gasteiger charge is -2.24. The van der Waals surface area contributed by atoms with E-state index < -0.39 is 11.2 Å². The fourth-order valence-corrected chi connectivity index (χ4v) is 4.41. The van der Waals surface area contributed by atoms with Crippen LogP contribution in [-0.4, -0.2) is 30.7 Å². The summed E-state index contributed by atoms with van der Waals surface area (Å²) in [6.07, 6.45) is 5.42. The first-order valence-corrected chi connectivity index (χ1v) is 12.3. The summed E-state index contributed by atoms with van der Waals surface area (Å²) in [5.41, 5.74) is 5.88. The van der Waals surface area contributed by atoms with Crippen molar-refractivity contribution in [2.45, 2.75) is 40.5 Å². The van der Waals surface area contributed by atoms with Crippen LogP contribution in [0.4, 0.5) is 4.39 Å². The van der Waals surface area contributed by atoms with E-state index in [0.717, 1.165) is 33.4 Å². The minimum atomic E-state index is -0.721. The van der Waals surface area contributed by atoms with Crippen LogP contribution < -0.4 is 9.47 Å².